The average Bonchev–Trinajstić information content (AvgIpc) is 3.32. The van der Waals surface area contributed by atoms with Crippen molar-refractivity contribution >= 4 is 22.3 Å². The Bertz CT molecular complexity index is 971. The Labute approximate surface area is 163 Å². The molecule has 0 saturated carbocycles. The quantitative estimate of drug-likeness (QED) is 0.664. The lowest BCUT2D eigenvalue weighted by atomic mass is 10.0. The minimum absolute atomic E-state index is 0.265. The van der Waals surface area contributed by atoms with E-state index in [0.717, 1.165) is 66.7 Å². The average molecular weight is 385 g/mol. The monoisotopic (exact) mass is 384 g/mol. The number of benzene rings is 1. The van der Waals surface area contributed by atoms with E-state index >= 15 is 0 Å². The highest BCUT2D eigenvalue weighted by molar-refractivity contribution is 7.09. The Morgan fingerprint density at radius 3 is 2.85 bits per heavy atom. The number of hydrogen-bond acceptors (Lipinski definition) is 4. The topological polar surface area (TPSA) is 43.9 Å². The van der Waals surface area contributed by atoms with Crippen LogP contribution in [0.5, 0.6) is 0 Å². The normalized spacial score (nSPS) is 18.2. The number of ether oxygens (including phenoxy) is 1. The molecule has 1 aliphatic heterocycles. The molecule has 4 nitrogen and oxygen atoms in total. The van der Waals surface area contributed by atoms with Crippen molar-refractivity contribution in [3.8, 4) is 0 Å². The zero-order valence-electron chi connectivity index (χ0n) is 15.9. The fraction of sp³-hybridized carbons (Fsp3) is 0.409. The Hall–Kier alpha value is -1.95. The lowest BCUT2D eigenvalue weighted by Crippen LogP contribution is -3.10. The molecule has 2 atom stereocenters. The van der Waals surface area contributed by atoms with Crippen molar-refractivity contribution in [2.45, 2.75) is 45.9 Å². The summed E-state index contributed by atoms with van der Waals surface area (Å²) in [4.78, 5) is 15.0. The van der Waals surface area contributed by atoms with Gasteiger partial charge < -0.3 is 14.1 Å². The van der Waals surface area contributed by atoms with Gasteiger partial charge in [-0.25, -0.2) is 4.79 Å². The van der Waals surface area contributed by atoms with Crippen LogP contribution >= 0.6 is 11.3 Å². The number of nitrogens with one attached hydrogen (secondary N) is 1. The number of aryl methyl sites for hydroxylation is 2. The molecule has 0 radical (unpaired) electrons. The molecule has 1 aromatic carbocycles. The molecule has 0 amide bonds. The van der Waals surface area contributed by atoms with Crippen molar-refractivity contribution in [1.82, 2.24) is 0 Å². The summed E-state index contributed by atoms with van der Waals surface area (Å²) in [5.74, 6) is 0. The van der Waals surface area contributed by atoms with Gasteiger partial charge in [0.05, 0.1) is 4.88 Å². The molecule has 0 bridgehead atoms. The number of quaternary nitrogens is 1. The molecule has 3 aromatic rings. The highest BCUT2D eigenvalue weighted by atomic mass is 32.1. The van der Waals surface area contributed by atoms with Crippen LogP contribution in [0.2, 0.25) is 0 Å². The van der Waals surface area contributed by atoms with Crippen LogP contribution in [0.3, 0.4) is 0 Å². The van der Waals surface area contributed by atoms with Crippen molar-refractivity contribution in [1.29, 1.82) is 0 Å². The van der Waals surface area contributed by atoms with Crippen LogP contribution in [0, 0.1) is 13.8 Å². The van der Waals surface area contributed by atoms with E-state index in [1.54, 1.807) is 17.4 Å². The van der Waals surface area contributed by atoms with Gasteiger partial charge in [0.15, 0.2) is 0 Å². The van der Waals surface area contributed by atoms with Crippen molar-refractivity contribution in [3.05, 3.63) is 67.7 Å². The van der Waals surface area contributed by atoms with Crippen molar-refractivity contribution < 1.29 is 14.1 Å². The third-order valence-corrected chi connectivity index (χ3v) is 6.38. The summed E-state index contributed by atoms with van der Waals surface area (Å²) in [5, 5.41) is 3.17. The molecule has 142 valence electrons. The van der Waals surface area contributed by atoms with E-state index in [1.807, 2.05) is 13.8 Å². The molecule has 1 fully saturated rings. The summed E-state index contributed by atoms with van der Waals surface area (Å²) in [7, 11) is 0. The maximum atomic E-state index is 12.2. The standard InChI is InChI=1S/C22H25NO3S/c1-15-7-8-20-17(11-21(24)26-22(20)16(15)2)12-23(13-18-5-3-9-25-18)14-19-6-4-10-27-19/h4,6-8,10-11,18H,3,5,9,12-14H2,1-2H3/p+1/t18-/m1/s1. The van der Waals surface area contributed by atoms with Crippen LogP contribution in [0.25, 0.3) is 11.0 Å². The molecule has 2 aromatic heterocycles. The second kappa shape index (κ2) is 7.97. The summed E-state index contributed by atoms with van der Waals surface area (Å²) < 4.78 is 11.4. The minimum Gasteiger partial charge on any atom is -0.422 e. The first-order valence-electron chi connectivity index (χ1n) is 9.60. The van der Waals surface area contributed by atoms with Gasteiger partial charge in [-0.3, -0.25) is 0 Å². The van der Waals surface area contributed by atoms with E-state index in [-0.39, 0.29) is 5.63 Å². The first-order valence-corrected chi connectivity index (χ1v) is 10.5. The van der Waals surface area contributed by atoms with E-state index in [4.69, 9.17) is 9.15 Å². The summed E-state index contributed by atoms with van der Waals surface area (Å²) >= 11 is 1.79. The molecule has 27 heavy (non-hydrogen) atoms. The molecule has 1 saturated heterocycles. The zero-order valence-corrected chi connectivity index (χ0v) is 16.7. The van der Waals surface area contributed by atoms with Gasteiger partial charge in [-0.05, 0) is 49.3 Å². The molecule has 1 aliphatic rings. The third kappa shape index (κ3) is 4.15. The largest absolute Gasteiger partial charge is 0.422 e. The number of rotatable bonds is 6. The lowest BCUT2D eigenvalue weighted by molar-refractivity contribution is -0.930. The Balaban J connectivity index is 1.67. The van der Waals surface area contributed by atoms with Crippen LogP contribution in [-0.4, -0.2) is 19.3 Å². The van der Waals surface area contributed by atoms with Crippen LogP contribution in [0.1, 0.15) is 34.4 Å². The fourth-order valence-corrected chi connectivity index (χ4v) is 4.71. The van der Waals surface area contributed by atoms with Crippen molar-refractivity contribution in [2.75, 3.05) is 13.2 Å². The van der Waals surface area contributed by atoms with Crippen LogP contribution in [0.4, 0.5) is 0 Å². The van der Waals surface area contributed by atoms with E-state index in [1.165, 1.54) is 9.78 Å². The molecule has 4 rings (SSSR count). The Morgan fingerprint density at radius 2 is 2.11 bits per heavy atom. The maximum Gasteiger partial charge on any atom is 0.336 e. The predicted octanol–water partition coefficient (Wildman–Crippen LogP) is 3.24. The van der Waals surface area contributed by atoms with Gasteiger partial charge in [-0.1, -0.05) is 18.2 Å². The smallest absolute Gasteiger partial charge is 0.336 e. The van der Waals surface area contributed by atoms with Gasteiger partial charge in [-0.15, -0.1) is 11.3 Å². The number of hydrogen-bond donors (Lipinski definition) is 1. The molecule has 0 aliphatic carbocycles. The van der Waals surface area contributed by atoms with E-state index in [0.29, 0.717) is 6.10 Å². The first kappa shape index (κ1) is 18.4. The summed E-state index contributed by atoms with van der Waals surface area (Å²) in [6.07, 6.45) is 2.59. The van der Waals surface area contributed by atoms with E-state index in [2.05, 4.69) is 29.6 Å². The summed E-state index contributed by atoms with van der Waals surface area (Å²) in [5.41, 5.74) is 3.72. The molecule has 1 N–H and O–H groups in total. The van der Waals surface area contributed by atoms with Gasteiger partial charge in [-0.2, -0.15) is 0 Å². The van der Waals surface area contributed by atoms with Gasteiger partial charge in [0.25, 0.3) is 0 Å². The van der Waals surface area contributed by atoms with Gasteiger partial charge >= 0.3 is 5.63 Å². The van der Waals surface area contributed by atoms with E-state index < -0.39 is 0 Å². The zero-order chi connectivity index (χ0) is 18.8. The molecule has 3 heterocycles. The van der Waals surface area contributed by atoms with Crippen molar-refractivity contribution in [2.24, 2.45) is 0 Å². The first-order chi connectivity index (χ1) is 13.1. The van der Waals surface area contributed by atoms with Crippen molar-refractivity contribution in [3.63, 3.8) is 0 Å². The lowest BCUT2D eigenvalue weighted by Gasteiger charge is -2.22. The molecular weight excluding hydrogens is 358 g/mol. The Kier molecular flexibility index (Phi) is 5.43. The fourth-order valence-electron chi connectivity index (χ4n) is 3.93. The highest BCUT2D eigenvalue weighted by Gasteiger charge is 2.24. The molecular formula is C22H26NO3S+. The van der Waals surface area contributed by atoms with Gasteiger partial charge in [0.1, 0.15) is 31.3 Å². The van der Waals surface area contributed by atoms with Crippen LogP contribution < -0.4 is 10.5 Å². The maximum absolute atomic E-state index is 12.2. The SMILES string of the molecule is Cc1ccc2c(C[NH+](Cc3cccs3)C[C@H]3CCCO3)cc(=O)oc2c1C. The van der Waals surface area contributed by atoms with E-state index in [9.17, 15) is 4.79 Å². The Morgan fingerprint density at radius 1 is 1.22 bits per heavy atom. The van der Waals surface area contributed by atoms with Crippen LogP contribution in [-0.2, 0) is 17.8 Å². The summed E-state index contributed by atoms with van der Waals surface area (Å²) in [6.45, 7) is 7.64. The third-order valence-electron chi connectivity index (χ3n) is 5.50. The number of thiophene rings is 1. The van der Waals surface area contributed by atoms with Crippen LogP contribution in [0.15, 0.2) is 44.9 Å². The molecule has 5 heteroatoms. The summed E-state index contributed by atoms with van der Waals surface area (Å²) in [6, 6.07) is 10.2. The second-order valence-electron chi connectivity index (χ2n) is 7.50. The van der Waals surface area contributed by atoms with Gasteiger partial charge in [0.2, 0.25) is 0 Å². The second-order valence-corrected chi connectivity index (χ2v) is 8.53. The van der Waals surface area contributed by atoms with Gasteiger partial charge in [0, 0.05) is 23.6 Å². The number of fused-ring (bicyclic) bond motifs is 1. The minimum atomic E-state index is -0.265. The molecule has 1 unspecified atom stereocenters. The highest BCUT2D eigenvalue weighted by Crippen LogP contribution is 2.23. The predicted molar refractivity (Wildman–Crippen MR) is 108 cm³/mol. The molecule has 0 spiro atoms.